The SMILES string of the molecule is CCCCCCCCCCCCCCCCCCCCCCC(=O)O[C@H](COC(=O)CCCCCCCCCCCCCCCCCCC(C)C)COP(=O)(O)OC[C@@H](O)COP(=O)(O)OC[C@@H](COC(=O)CCCCCCCCCC)OC(=O)CCCCCCCCCCCCCCCCCCC(C)C. The van der Waals surface area contributed by atoms with Crippen molar-refractivity contribution in [3.63, 3.8) is 0 Å². The van der Waals surface area contributed by atoms with E-state index in [1.165, 1.54) is 276 Å². The molecule has 0 radical (unpaired) electrons. The highest BCUT2D eigenvalue weighted by atomic mass is 31.2. The van der Waals surface area contributed by atoms with E-state index in [4.69, 9.17) is 37.0 Å². The van der Waals surface area contributed by atoms with E-state index >= 15 is 0 Å². The van der Waals surface area contributed by atoms with E-state index in [2.05, 4.69) is 41.5 Å². The maximum atomic E-state index is 13.1. The number of carbonyl (C=O) groups excluding carboxylic acids is 4. The molecule has 0 fully saturated rings. The zero-order valence-corrected chi connectivity index (χ0v) is 71.5. The Morgan fingerprint density at radius 1 is 0.255 bits per heavy atom. The molecule has 0 aromatic carbocycles. The number of hydrogen-bond donors (Lipinski definition) is 3. The molecule has 0 heterocycles. The summed E-state index contributed by atoms with van der Waals surface area (Å²) in [6.07, 6.45) is 71.0. The Morgan fingerprint density at radius 3 is 0.642 bits per heavy atom. The molecule has 0 aliphatic rings. The van der Waals surface area contributed by atoms with E-state index in [0.717, 1.165) is 108 Å². The smallest absolute Gasteiger partial charge is 0.462 e. The summed E-state index contributed by atoms with van der Waals surface area (Å²) in [6.45, 7) is 9.71. The zero-order valence-electron chi connectivity index (χ0n) is 69.7. The topological polar surface area (TPSA) is 237 Å². The summed E-state index contributed by atoms with van der Waals surface area (Å²) in [5.74, 6) is -0.481. The van der Waals surface area contributed by atoms with Gasteiger partial charge in [-0.3, -0.25) is 37.3 Å². The van der Waals surface area contributed by atoms with Gasteiger partial charge in [0.25, 0.3) is 0 Å². The van der Waals surface area contributed by atoms with Crippen molar-refractivity contribution >= 4 is 39.5 Å². The van der Waals surface area contributed by atoms with Gasteiger partial charge in [-0.1, -0.05) is 414 Å². The number of ether oxygens (including phenoxy) is 4. The first-order chi connectivity index (χ1) is 51.4. The van der Waals surface area contributed by atoms with Crippen molar-refractivity contribution in [2.75, 3.05) is 39.6 Å². The molecule has 630 valence electrons. The van der Waals surface area contributed by atoms with Gasteiger partial charge in [0.2, 0.25) is 0 Å². The second-order valence-electron chi connectivity index (χ2n) is 32.2. The Hall–Kier alpha value is -1.94. The molecule has 0 rings (SSSR count). The van der Waals surface area contributed by atoms with E-state index < -0.39 is 97.5 Å². The number of aliphatic hydroxyl groups is 1. The Morgan fingerprint density at radius 2 is 0.434 bits per heavy atom. The van der Waals surface area contributed by atoms with Crippen LogP contribution in [0.5, 0.6) is 0 Å². The highest BCUT2D eigenvalue weighted by molar-refractivity contribution is 7.47. The molecule has 0 bridgehead atoms. The quantitative estimate of drug-likeness (QED) is 0.0222. The van der Waals surface area contributed by atoms with Crippen LogP contribution in [-0.4, -0.2) is 96.7 Å². The van der Waals surface area contributed by atoms with Crippen LogP contribution in [-0.2, 0) is 65.4 Å². The Balaban J connectivity index is 5.18. The van der Waals surface area contributed by atoms with Gasteiger partial charge in [0, 0.05) is 25.7 Å². The molecule has 0 amide bonds. The Kier molecular flexibility index (Phi) is 76.9. The van der Waals surface area contributed by atoms with Gasteiger partial charge in [-0.05, 0) is 37.5 Å². The minimum atomic E-state index is -4.97. The van der Waals surface area contributed by atoms with Crippen molar-refractivity contribution in [1.29, 1.82) is 0 Å². The van der Waals surface area contributed by atoms with Crippen molar-refractivity contribution in [3.8, 4) is 0 Å². The predicted molar refractivity (Wildman–Crippen MR) is 437 cm³/mol. The fourth-order valence-electron chi connectivity index (χ4n) is 13.6. The van der Waals surface area contributed by atoms with E-state index in [9.17, 15) is 43.2 Å². The first-order valence-electron chi connectivity index (χ1n) is 45.0. The fraction of sp³-hybridized carbons (Fsp3) is 0.954. The Labute approximate surface area is 651 Å². The molecule has 106 heavy (non-hydrogen) atoms. The first kappa shape index (κ1) is 104. The minimum absolute atomic E-state index is 0.108. The van der Waals surface area contributed by atoms with Crippen LogP contribution in [0, 0.1) is 11.8 Å². The molecule has 0 aliphatic carbocycles. The summed E-state index contributed by atoms with van der Waals surface area (Å²) < 4.78 is 68.9. The van der Waals surface area contributed by atoms with Crippen LogP contribution in [0.3, 0.4) is 0 Å². The lowest BCUT2D eigenvalue weighted by Crippen LogP contribution is -2.30. The minimum Gasteiger partial charge on any atom is -0.462 e. The molecule has 0 aromatic rings. The number of hydrogen-bond acceptors (Lipinski definition) is 15. The van der Waals surface area contributed by atoms with E-state index in [1.807, 2.05) is 0 Å². The summed E-state index contributed by atoms with van der Waals surface area (Å²) in [7, 11) is -9.93. The van der Waals surface area contributed by atoms with Crippen molar-refractivity contribution in [1.82, 2.24) is 0 Å². The largest absolute Gasteiger partial charge is 0.472 e. The van der Waals surface area contributed by atoms with Crippen LogP contribution in [0.1, 0.15) is 465 Å². The number of unbranched alkanes of at least 4 members (excludes halogenated alkanes) is 56. The highest BCUT2D eigenvalue weighted by Crippen LogP contribution is 2.45. The molecule has 2 unspecified atom stereocenters. The summed E-state index contributed by atoms with van der Waals surface area (Å²) in [6, 6.07) is 0. The fourth-order valence-corrected chi connectivity index (χ4v) is 15.2. The van der Waals surface area contributed by atoms with Crippen LogP contribution in [0.25, 0.3) is 0 Å². The molecule has 17 nitrogen and oxygen atoms in total. The molecular formula is C87H170O17P2. The summed E-state index contributed by atoms with van der Waals surface area (Å²) in [5, 5.41) is 10.7. The van der Waals surface area contributed by atoms with Crippen LogP contribution in [0.2, 0.25) is 0 Å². The van der Waals surface area contributed by atoms with Crippen molar-refractivity contribution in [3.05, 3.63) is 0 Å². The third-order valence-electron chi connectivity index (χ3n) is 20.5. The highest BCUT2D eigenvalue weighted by Gasteiger charge is 2.30. The number of aliphatic hydroxyl groups excluding tert-OH is 1. The molecule has 5 atom stereocenters. The van der Waals surface area contributed by atoms with Gasteiger partial charge in [0.05, 0.1) is 26.4 Å². The van der Waals surface area contributed by atoms with Crippen molar-refractivity contribution < 1.29 is 80.2 Å². The predicted octanol–water partition coefficient (Wildman–Crippen LogP) is 26.6. The normalized spacial score (nSPS) is 13.8. The van der Waals surface area contributed by atoms with Crippen LogP contribution < -0.4 is 0 Å². The molecule has 19 heteroatoms. The van der Waals surface area contributed by atoms with Crippen LogP contribution in [0.4, 0.5) is 0 Å². The van der Waals surface area contributed by atoms with Crippen molar-refractivity contribution in [2.45, 2.75) is 484 Å². The van der Waals surface area contributed by atoms with Crippen LogP contribution >= 0.6 is 15.6 Å². The monoisotopic (exact) mass is 1550 g/mol. The second-order valence-corrected chi connectivity index (χ2v) is 35.1. The number of phosphoric acid groups is 2. The molecule has 0 aromatic heterocycles. The van der Waals surface area contributed by atoms with Gasteiger partial charge in [-0.15, -0.1) is 0 Å². The lowest BCUT2D eigenvalue weighted by atomic mass is 10.0. The van der Waals surface area contributed by atoms with E-state index in [0.29, 0.717) is 25.7 Å². The van der Waals surface area contributed by atoms with E-state index in [1.54, 1.807) is 0 Å². The maximum absolute atomic E-state index is 13.1. The summed E-state index contributed by atoms with van der Waals surface area (Å²) in [5.41, 5.74) is 0. The lowest BCUT2D eigenvalue weighted by Gasteiger charge is -2.21. The maximum Gasteiger partial charge on any atom is 0.472 e. The van der Waals surface area contributed by atoms with Crippen molar-refractivity contribution in [2.24, 2.45) is 11.8 Å². The molecule has 0 spiro atoms. The van der Waals surface area contributed by atoms with Crippen LogP contribution in [0.15, 0.2) is 0 Å². The van der Waals surface area contributed by atoms with Gasteiger partial charge in [-0.2, -0.15) is 0 Å². The van der Waals surface area contributed by atoms with E-state index in [-0.39, 0.29) is 25.7 Å². The summed E-state index contributed by atoms with van der Waals surface area (Å²) >= 11 is 0. The second kappa shape index (κ2) is 78.3. The van der Waals surface area contributed by atoms with Gasteiger partial charge in [-0.25, -0.2) is 9.13 Å². The molecule has 0 saturated heterocycles. The number of esters is 4. The van der Waals surface area contributed by atoms with Gasteiger partial charge >= 0.3 is 39.5 Å². The third-order valence-corrected chi connectivity index (χ3v) is 22.4. The Bertz CT molecular complexity index is 2030. The first-order valence-corrected chi connectivity index (χ1v) is 48.0. The van der Waals surface area contributed by atoms with Gasteiger partial charge in [0.1, 0.15) is 19.3 Å². The standard InChI is InChI=1S/C87H170O17P2/c1-7-9-11-13-15-17-18-19-20-21-22-23-24-32-37-42-47-53-59-65-72-87(92)104-83(76-98-85(90)70-64-58-52-46-41-36-31-27-25-29-34-39-44-49-55-61-67-79(3)4)78-102-106(95,96)100-74-81(88)73-99-105(93,94)101-77-82(75-97-84(89)69-63-57-51-16-14-12-10-8-2)103-86(91)71-66-60-54-48-43-38-33-28-26-30-35-40-45-50-56-62-68-80(5)6/h79-83,88H,7-78H2,1-6H3,(H,93,94)(H,95,96)/t81-,82+,83+/m0/s1. The van der Waals surface area contributed by atoms with Gasteiger partial charge in [0.15, 0.2) is 12.2 Å². The van der Waals surface area contributed by atoms with Gasteiger partial charge < -0.3 is 33.8 Å². The molecule has 0 saturated carbocycles. The number of rotatable bonds is 86. The lowest BCUT2D eigenvalue weighted by molar-refractivity contribution is -0.161. The molecular weight excluding hydrogens is 1380 g/mol. The number of carbonyl (C=O) groups is 4. The third kappa shape index (κ3) is 80.1. The zero-order chi connectivity index (χ0) is 77.8. The average Bonchev–Trinajstić information content (AvgIpc) is 0.901. The average molecular weight is 1550 g/mol. The summed E-state index contributed by atoms with van der Waals surface area (Å²) in [4.78, 5) is 73.2. The molecule has 0 aliphatic heterocycles. The molecule has 3 N–H and O–H groups in total. The number of phosphoric ester groups is 2.